The second-order valence-corrected chi connectivity index (χ2v) is 4.51. The summed E-state index contributed by atoms with van der Waals surface area (Å²) in [5.41, 5.74) is 0. The van der Waals surface area contributed by atoms with Gasteiger partial charge in [-0.3, -0.25) is 0 Å². The van der Waals surface area contributed by atoms with Gasteiger partial charge in [0.15, 0.2) is 0 Å². The highest BCUT2D eigenvalue weighted by atomic mass is 32.2. The molecule has 0 bridgehead atoms. The summed E-state index contributed by atoms with van der Waals surface area (Å²) in [6.45, 7) is 0. The molecule has 0 nitrogen and oxygen atoms in total. The van der Waals surface area contributed by atoms with Crippen LogP contribution in [-0.2, 0) is 0 Å². The van der Waals surface area contributed by atoms with Crippen molar-refractivity contribution in [2.45, 2.75) is 24.2 Å². The zero-order chi connectivity index (χ0) is 10.3. The van der Waals surface area contributed by atoms with Crippen molar-refractivity contribution in [3.8, 4) is 11.2 Å². The van der Waals surface area contributed by atoms with Crippen LogP contribution in [0, 0.1) is 17.1 Å². The minimum absolute atomic E-state index is 0.481. The zero-order valence-corrected chi connectivity index (χ0v) is 9.46. The Morgan fingerprint density at radius 1 is 1.20 bits per heavy atom. The molecule has 1 aliphatic carbocycles. The Balaban J connectivity index is 1.90. The molecule has 1 atom stereocenters. The van der Waals surface area contributed by atoms with Crippen molar-refractivity contribution in [1.29, 1.82) is 0 Å². The molecular formula is C14H14S. The number of thioether (sulfide) groups is 1. The average Bonchev–Trinajstić information content (AvgIpc) is 2.32. The third kappa shape index (κ3) is 3.49. The SMILES string of the molecule is C(#CC1C=CCCC1)Sc1ccccc1. The van der Waals surface area contributed by atoms with E-state index < -0.39 is 0 Å². The number of benzene rings is 1. The Bertz CT molecular complexity index is 381. The number of allylic oxidation sites excluding steroid dienone is 2. The molecule has 0 aliphatic heterocycles. The summed E-state index contributed by atoms with van der Waals surface area (Å²) in [5, 5.41) is 3.19. The third-order valence-electron chi connectivity index (χ3n) is 2.41. The highest BCUT2D eigenvalue weighted by Gasteiger charge is 2.03. The van der Waals surface area contributed by atoms with Crippen LogP contribution >= 0.6 is 11.8 Å². The first-order valence-corrected chi connectivity index (χ1v) is 6.16. The first-order chi connectivity index (χ1) is 7.45. The van der Waals surface area contributed by atoms with Crippen molar-refractivity contribution in [1.82, 2.24) is 0 Å². The predicted octanol–water partition coefficient (Wildman–Crippen LogP) is 4.10. The van der Waals surface area contributed by atoms with Gasteiger partial charge in [0.25, 0.3) is 0 Å². The van der Waals surface area contributed by atoms with Crippen molar-refractivity contribution >= 4 is 11.8 Å². The summed E-state index contributed by atoms with van der Waals surface area (Å²) < 4.78 is 0. The Kier molecular flexibility index (Phi) is 3.93. The maximum absolute atomic E-state index is 3.30. The number of hydrogen-bond donors (Lipinski definition) is 0. The first-order valence-electron chi connectivity index (χ1n) is 5.34. The quantitative estimate of drug-likeness (QED) is 0.385. The molecule has 0 amide bonds. The molecule has 0 N–H and O–H groups in total. The molecular weight excluding hydrogens is 200 g/mol. The van der Waals surface area contributed by atoms with E-state index in [4.69, 9.17) is 0 Å². The fraction of sp³-hybridized carbons (Fsp3) is 0.286. The Morgan fingerprint density at radius 2 is 2.07 bits per heavy atom. The van der Waals surface area contributed by atoms with Crippen molar-refractivity contribution in [2.75, 3.05) is 0 Å². The average molecular weight is 214 g/mol. The van der Waals surface area contributed by atoms with Crippen molar-refractivity contribution < 1.29 is 0 Å². The molecule has 1 aliphatic rings. The molecule has 15 heavy (non-hydrogen) atoms. The second kappa shape index (κ2) is 5.68. The van der Waals surface area contributed by atoms with Crippen LogP contribution in [0.4, 0.5) is 0 Å². The maximum Gasteiger partial charge on any atom is 0.0391 e. The summed E-state index contributed by atoms with van der Waals surface area (Å²) in [6, 6.07) is 10.3. The van der Waals surface area contributed by atoms with Crippen LogP contribution in [0.2, 0.25) is 0 Å². The van der Waals surface area contributed by atoms with Gasteiger partial charge in [0.1, 0.15) is 0 Å². The molecule has 1 unspecified atom stereocenters. The molecule has 2 rings (SSSR count). The van der Waals surface area contributed by atoms with E-state index in [1.807, 2.05) is 18.2 Å². The van der Waals surface area contributed by atoms with Crippen LogP contribution in [0.3, 0.4) is 0 Å². The molecule has 0 heterocycles. The summed E-state index contributed by atoms with van der Waals surface area (Å²) in [4.78, 5) is 1.23. The van der Waals surface area contributed by atoms with E-state index in [-0.39, 0.29) is 0 Å². The van der Waals surface area contributed by atoms with Gasteiger partial charge in [-0.25, -0.2) is 0 Å². The van der Waals surface area contributed by atoms with Gasteiger partial charge in [0, 0.05) is 10.8 Å². The molecule has 0 radical (unpaired) electrons. The predicted molar refractivity (Wildman–Crippen MR) is 66.6 cm³/mol. The fourth-order valence-electron chi connectivity index (χ4n) is 1.59. The molecule has 76 valence electrons. The van der Waals surface area contributed by atoms with Gasteiger partial charge < -0.3 is 0 Å². The van der Waals surface area contributed by atoms with E-state index in [9.17, 15) is 0 Å². The molecule has 0 aromatic heterocycles. The molecule has 1 aromatic rings. The Hall–Kier alpha value is -1.13. The summed E-state index contributed by atoms with van der Waals surface area (Å²) in [6.07, 6.45) is 8.22. The lowest BCUT2D eigenvalue weighted by atomic mass is 9.97. The molecule has 0 saturated carbocycles. The Morgan fingerprint density at radius 3 is 2.80 bits per heavy atom. The molecule has 0 spiro atoms. The Labute approximate surface area is 95.8 Å². The number of hydrogen-bond acceptors (Lipinski definition) is 1. The third-order valence-corrected chi connectivity index (χ3v) is 3.14. The summed E-state index contributed by atoms with van der Waals surface area (Å²) in [7, 11) is 0. The standard InChI is InChI=1S/C14H14S/c1-3-7-13(8-4-1)11-12-15-14-9-5-2-6-10-14/h2-3,5-7,9-10,13H,1,4,8H2. The van der Waals surface area contributed by atoms with Crippen molar-refractivity contribution in [3.05, 3.63) is 42.5 Å². The molecule has 1 heteroatoms. The monoisotopic (exact) mass is 214 g/mol. The van der Waals surface area contributed by atoms with Gasteiger partial charge in [-0.1, -0.05) is 36.3 Å². The topological polar surface area (TPSA) is 0 Å². The van der Waals surface area contributed by atoms with Gasteiger partial charge in [-0.2, -0.15) is 0 Å². The van der Waals surface area contributed by atoms with E-state index in [2.05, 4.69) is 35.5 Å². The van der Waals surface area contributed by atoms with E-state index in [1.54, 1.807) is 11.8 Å². The van der Waals surface area contributed by atoms with Crippen LogP contribution in [0.15, 0.2) is 47.4 Å². The molecule has 0 saturated heterocycles. The highest BCUT2D eigenvalue weighted by Crippen LogP contribution is 2.18. The normalized spacial score (nSPS) is 19.3. The highest BCUT2D eigenvalue weighted by molar-refractivity contribution is 8.03. The van der Waals surface area contributed by atoms with E-state index in [0.29, 0.717) is 5.92 Å². The largest absolute Gasteiger partial charge is 0.0873 e. The van der Waals surface area contributed by atoms with Gasteiger partial charge in [-0.15, -0.1) is 0 Å². The van der Waals surface area contributed by atoms with Gasteiger partial charge in [-0.05, 0) is 48.4 Å². The van der Waals surface area contributed by atoms with Crippen LogP contribution in [-0.4, -0.2) is 0 Å². The zero-order valence-electron chi connectivity index (χ0n) is 8.65. The van der Waals surface area contributed by atoms with Crippen LogP contribution in [0.1, 0.15) is 19.3 Å². The number of rotatable bonds is 1. The fourth-order valence-corrected chi connectivity index (χ4v) is 2.21. The van der Waals surface area contributed by atoms with Gasteiger partial charge >= 0.3 is 0 Å². The maximum atomic E-state index is 3.30. The van der Waals surface area contributed by atoms with Crippen LogP contribution in [0.5, 0.6) is 0 Å². The first kappa shape index (κ1) is 10.4. The second-order valence-electron chi connectivity index (χ2n) is 3.63. The summed E-state index contributed by atoms with van der Waals surface area (Å²) >= 11 is 1.62. The van der Waals surface area contributed by atoms with Gasteiger partial charge in [0.2, 0.25) is 0 Å². The van der Waals surface area contributed by atoms with E-state index in [1.165, 1.54) is 24.2 Å². The van der Waals surface area contributed by atoms with Crippen LogP contribution in [0.25, 0.3) is 0 Å². The van der Waals surface area contributed by atoms with Gasteiger partial charge in [0.05, 0.1) is 0 Å². The van der Waals surface area contributed by atoms with Crippen molar-refractivity contribution in [3.63, 3.8) is 0 Å². The minimum Gasteiger partial charge on any atom is -0.0873 e. The lowest BCUT2D eigenvalue weighted by Gasteiger charge is -2.08. The van der Waals surface area contributed by atoms with Crippen LogP contribution < -0.4 is 0 Å². The minimum atomic E-state index is 0.481. The van der Waals surface area contributed by atoms with E-state index >= 15 is 0 Å². The summed E-state index contributed by atoms with van der Waals surface area (Å²) in [5.74, 6) is 3.78. The lowest BCUT2D eigenvalue weighted by molar-refractivity contribution is 0.645. The molecule has 0 fully saturated rings. The van der Waals surface area contributed by atoms with Crippen molar-refractivity contribution in [2.24, 2.45) is 5.92 Å². The smallest absolute Gasteiger partial charge is 0.0391 e. The lowest BCUT2D eigenvalue weighted by Crippen LogP contribution is -1.96. The van der Waals surface area contributed by atoms with E-state index in [0.717, 1.165) is 0 Å². The molecule has 1 aromatic carbocycles.